The Kier molecular flexibility index (Phi) is 23.9. The van der Waals surface area contributed by atoms with Crippen LogP contribution >= 0.6 is 0 Å². The van der Waals surface area contributed by atoms with Gasteiger partial charge in [-0.1, -0.05) is 59.6 Å². The minimum absolute atomic E-state index is 0.0371. The molecule has 7 heterocycles. The fraction of sp³-hybridized carbons (Fsp3) is 0.955. The molecule has 99 heavy (non-hydrogen) atoms. The zero-order valence-corrected chi connectivity index (χ0v) is 57.9. The van der Waals surface area contributed by atoms with Crippen molar-refractivity contribution in [1.29, 1.82) is 0 Å². The van der Waals surface area contributed by atoms with Crippen molar-refractivity contribution in [2.24, 2.45) is 45.3 Å². The Bertz CT molecular complexity index is 2740. The van der Waals surface area contributed by atoms with E-state index in [0.717, 1.165) is 31.3 Å². The number of rotatable bonds is 22. The molecule has 7 aliphatic heterocycles. The lowest BCUT2D eigenvalue weighted by molar-refractivity contribution is -0.397. The minimum atomic E-state index is -2.08. The Morgan fingerprint density at radius 1 is 0.505 bits per heavy atom. The van der Waals surface area contributed by atoms with Crippen molar-refractivity contribution in [3.63, 3.8) is 0 Å². The van der Waals surface area contributed by atoms with Crippen LogP contribution in [0.4, 0.5) is 0 Å². The van der Waals surface area contributed by atoms with E-state index < -0.39 is 251 Å². The number of hydrogen-bond acceptors (Lipinski definition) is 32. The number of hydrogen-bond donors (Lipinski definition) is 16. The van der Waals surface area contributed by atoms with E-state index in [4.69, 9.17) is 71.1 Å². The van der Waals surface area contributed by atoms with Crippen molar-refractivity contribution in [2.45, 2.75) is 309 Å². The first-order chi connectivity index (χ1) is 46.8. The quantitative estimate of drug-likeness (QED) is 0.0279. The van der Waals surface area contributed by atoms with Crippen LogP contribution in [0.5, 0.6) is 0 Å². The summed E-state index contributed by atoms with van der Waals surface area (Å²) in [6.07, 6.45) is -42.5. The third-order valence-electron chi connectivity index (χ3n) is 24.9. The molecule has 11 aliphatic rings. The van der Waals surface area contributed by atoms with Gasteiger partial charge in [-0.3, -0.25) is 4.79 Å². The average molecular weight is 1430 g/mol. The van der Waals surface area contributed by atoms with Crippen LogP contribution in [0.25, 0.3) is 0 Å². The van der Waals surface area contributed by atoms with Crippen molar-refractivity contribution in [2.75, 3.05) is 47.3 Å². The number of esters is 1. The molecule has 7 saturated heterocycles. The standard InChI is InChI=1S/C67H110O32/c1-26(2)12-11-17-66(8)36-15-19-65(7)28-13-14-35-63(4,5)38(16-18-64(35,6)29(28)20-37(72)67(36,65)62(84)99-66)94-61-55(43(77)34(25-87-61)93-57-48(82)53(41(75)32(23-70)89-57)96-58-46(80)51(85-9)39(73)30(21-68)90-58)98-56-45(79)44(78)50(27(3)88-56)95-60-49(83)54(42(76)33(24-71)92-60)97-59-47(81)52(86-10)40(74)31(22-69)91-59/h20,26-28,30-61,68-83H,11-19,21-25H2,1-10H3/t27-,28-,30-,31-,32-,33-,34-,35+,36-,37-,38+,39-,40-,41-,42-,43+,44-,45-,46-,47-,48-,49-,50-,51+,52+,53+,54+,55-,56+,57+,58+,59+,60+,61+,64-,65+,66+,67+/m1/s1. The second-order valence-electron chi connectivity index (χ2n) is 31.2. The molecule has 16 N–H and O–H groups in total. The second kappa shape index (κ2) is 30.3. The molecule has 0 amide bonds. The Morgan fingerprint density at radius 3 is 1.48 bits per heavy atom. The van der Waals surface area contributed by atoms with Gasteiger partial charge in [-0.05, 0) is 99.2 Å². The van der Waals surface area contributed by atoms with E-state index in [9.17, 15) is 86.5 Å². The summed E-state index contributed by atoms with van der Waals surface area (Å²) in [7, 11) is 2.36. The number of ether oxygens (including phenoxy) is 15. The smallest absolute Gasteiger partial charge is 0.316 e. The van der Waals surface area contributed by atoms with Crippen LogP contribution in [0.3, 0.4) is 0 Å². The molecule has 0 bridgehead atoms. The molecule has 0 radical (unpaired) electrons. The predicted molar refractivity (Wildman–Crippen MR) is 332 cm³/mol. The molecular formula is C67H110O32. The van der Waals surface area contributed by atoms with E-state index in [-0.39, 0.29) is 23.7 Å². The maximum atomic E-state index is 14.6. The summed E-state index contributed by atoms with van der Waals surface area (Å²) in [4.78, 5) is 14.6. The highest BCUT2D eigenvalue weighted by molar-refractivity contribution is 5.84. The number of fused-ring (bicyclic) bond motifs is 4. The van der Waals surface area contributed by atoms with Gasteiger partial charge in [-0.2, -0.15) is 0 Å². The predicted octanol–water partition coefficient (Wildman–Crippen LogP) is -4.03. The average Bonchev–Trinajstić information content (AvgIpc) is 1.53. The first-order valence-electron chi connectivity index (χ1n) is 35.2. The fourth-order valence-electron chi connectivity index (χ4n) is 19.4. The van der Waals surface area contributed by atoms with Crippen molar-refractivity contribution in [1.82, 2.24) is 0 Å². The van der Waals surface area contributed by atoms with Crippen molar-refractivity contribution in [3.05, 3.63) is 11.6 Å². The topological polar surface area (TPSA) is 479 Å². The lowest BCUT2D eigenvalue weighted by Crippen LogP contribution is -2.67. The molecule has 32 heteroatoms. The van der Waals surface area contributed by atoms with Gasteiger partial charge >= 0.3 is 5.97 Å². The van der Waals surface area contributed by atoms with Crippen molar-refractivity contribution < 1.29 is 158 Å². The molecule has 11 rings (SSSR count). The summed E-state index contributed by atoms with van der Waals surface area (Å²) >= 11 is 0. The van der Waals surface area contributed by atoms with Crippen molar-refractivity contribution in [3.8, 4) is 0 Å². The number of aliphatic hydroxyl groups excluding tert-OH is 16. The number of carbonyl (C=O) groups is 1. The fourth-order valence-corrected chi connectivity index (χ4v) is 19.4. The maximum Gasteiger partial charge on any atom is 0.316 e. The normalized spacial score (nSPS) is 52.9. The number of cyclic esters (lactones) is 1. The highest BCUT2D eigenvalue weighted by Crippen LogP contribution is 2.76. The van der Waals surface area contributed by atoms with Gasteiger partial charge in [0.15, 0.2) is 37.7 Å². The summed E-state index contributed by atoms with van der Waals surface area (Å²) in [5.41, 5.74) is -2.51. The third-order valence-corrected chi connectivity index (χ3v) is 24.9. The third kappa shape index (κ3) is 13.5. The van der Waals surface area contributed by atoms with Gasteiger partial charge in [0.2, 0.25) is 0 Å². The minimum Gasteiger partial charge on any atom is -0.459 e. The first kappa shape index (κ1) is 78.1. The highest BCUT2D eigenvalue weighted by Gasteiger charge is 2.79. The van der Waals surface area contributed by atoms with Gasteiger partial charge in [-0.15, -0.1) is 0 Å². The number of methoxy groups -OCH3 is 2. The van der Waals surface area contributed by atoms with Crippen LogP contribution in [0.2, 0.25) is 0 Å². The maximum absolute atomic E-state index is 14.6. The summed E-state index contributed by atoms with van der Waals surface area (Å²) in [5, 5.41) is 180. The van der Waals surface area contributed by atoms with E-state index in [1.807, 2.05) is 13.0 Å². The molecule has 0 aromatic heterocycles. The number of allylic oxidation sites excluding steroid dienone is 1. The second-order valence-corrected chi connectivity index (χ2v) is 31.2. The molecule has 0 unspecified atom stereocenters. The molecule has 0 aromatic carbocycles. The van der Waals surface area contributed by atoms with Gasteiger partial charge in [0, 0.05) is 20.1 Å². The Balaban J connectivity index is 0.839. The lowest BCUT2D eigenvalue weighted by atomic mass is 9.40. The van der Waals surface area contributed by atoms with E-state index in [0.29, 0.717) is 38.0 Å². The largest absolute Gasteiger partial charge is 0.459 e. The van der Waals surface area contributed by atoms with E-state index in [1.165, 1.54) is 21.1 Å². The van der Waals surface area contributed by atoms with Crippen LogP contribution in [-0.2, 0) is 75.8 Å². The molecular weight excluding hydrogens is 1320 g/mol. The summed E-state index contributed by atoms with van der Waals surface area (Å²) in [6, 6.07) is 0. The molecule has 10 fully saturated rings. The van der Waals surface area contributed by atoms with Gasteiger partial charge in [0.05, 0.1) is 51.3 Å². The molecule has 570 valence electrons. The highest BCUT2D eigenvalue weighted by atomic mass is 16.8. The molecule has 38 atom stereocenters. The number of carbonyl (C=O) groups excluding carboxylic acids is 1. The van der Waals surface area contributed by atoms with Crippen LogP contribution in [-0.4, -0.2) is 331 Å². The van der Waals surface area contributed by atoms with Crippen LogP contribution < -0.4 is 0 Å². The first-order valence-corrected chi connectivity index (χ1v) is 35.2. The van der Waals surface area contributed by atoms with E-state index in [2.05, 4.69) is 41.5 Å². The molecule has 3 saturated carbocycles. The Labute approximate surface area is 575 Å². The zero-order valence-electron chi connectivity index (χ0n) is 57.9. The molecule has 0 aromatic rings. The van der Waals surface area contributed by atoms with Crippen LogP contribution in [0.1, 0.15) is 113 Å². The van der Waals surface area contributed by atoms with Crippen molar-refractivity contribution >= 4 is 5.97 Å². The Hall–Kier alpha value is -1.99. The van der Waals surface area contributed by atoms with Crippen LogP contribution in [0.15, 0.2) is 11.6 Å². The van der Waals surface area contributed by atoms with Crippen LogP contribution in [0, 0.1) is 45.3 Å². The Morgan fingerprint density at radius 2 is 0.980 bits per heavy atom. The van der Waals surface area contributed by atoms with Gasteiger partial charge in [0.25, 0.3) is 0 Å². The van der Waals surface area contributed by atoms with Gasteiger partial charge in [0.1, 0.15) is 145 Å². The summed E-state index contributed by atoms with van der Waals surface area (Å²) < 4.78 is 90.2. The monoisotopic (exact) mass is 1430 g/mol. The van der Waals surface area contributed by atoms with Gasteiger partial charge in [-0.25, -0.2) is 0 Å². The summed E-state index contributed by atoms with van der Waals surface area (Å²) in [6.45, 7) is 12.6. The van der Waals surface area contributed by atoms with E-state index in [1.54, 1.807) is 0 Å². The van der Waals surface area contributed by atoms with E-state index >= 15 is 0 Å². The SMILES string of the molecule is CO[C@@H]1[C@@H](O)[C@H](O[C@@H]2[C@@H](O)[C@H](O[C@H]3[C@H](O)[C@@H](O)[C@H](O[C@H]4[C@H](O[C@H]5CC[C@]6(C)C7=C[C@@H](O)[C@]89C(=O)O[C@@](C)(CCCC(C)C)[C@H]8CC[C@@]9(C)[C@@H]7CC[C@H]6C5(C)C)OC[C@@H](O[C@@H]5O[C@H](CO)[C@@H](O)[C@H](O[C@@H]6O[C@H](CO)[C@@H](O)[C@H](OC)[C@H]6O)[C@H]5O)[C@@H]4O)O[C@@H]3C)O[C@H](CO)[C@H]2O)O[C@H](CO)[C@H]1O. The zero-order chi connectivity index (χ0) is 72.1. The number of aliphatic hydroxyl groups is 16. The molecule has 4 aliphatic carbocycles. The summed E-state index contributed by atoms with van der Waals surface area (Å²) in [5.74, 6) is -0.129. The molecule has 32 nitrogen and oxygen atoms in total. The van der Waals surface area contributed by atoms with Gasteiger partial charge < -0.3 is 153 Å². The molecule has 1 spiro atoms. The lowest BCUT2D eigenvalue weighted by Gasteiger charge is -2.64.